The summed E-state index contributed by atoms with van der Waals surface area (Å²) in [6.07, 6.45) is 0. The summed E-state index contributed by atoms with van der Waals surface area (Å²) >= 11 is 0. The molecule has 0 aliphatic carbocycles. The van der Waals surface area contributed by atoms with E-state index in [9.17, 15) is 4.79 Å². The van der Waals surface area contributed by atoms with Gasteiger partial charge in [0.15, 0.2) is 0 Å². The summed E-state index contributed by atoms with van der Waals surface area (Å²) in [4.78, 5) is 13.1. The van der Waals surface area contributed by atoms with Crippen molar-refractivity contribution < 1.29 is 9.53 Å². The van der Waals surface area contributed by atoms with Crippen molar-refractivity contribution in [3.63, 3.8) is 0 Å². The molecule has 17 heavy (non-hydrogen) atoms. The van der Waals surface area contributed by atoms with Gasteiger partial charge in [-0.25, -0.2) is 0 Å². The molecule has 0 amide bonds. The highest BCUT2D eigenvalue weighted by Crippen LogP contribution is 2.10. The number of likely N-dealkylation sites (N-methyl/N-ethyl adjacent to an activating group) is 1. The first-order valence-corrected chi connectivity index (χ1v) is 5.48. The van der Waals surface area contributed by atoms with E-state index in [2.05, 4.69) is 10.8 Å². The maximum absolute atomic E-state index is 11.2. The summed E-state index contributed by atoms with van der Waals surface area (Å²) in [6.45, 7) is 3.52. The second-order valence-electron chi connectivity index (χ2n) is 3.65. The van der Waals surface area contributed by atoms with Gasteiger partial charge in [0.05, 0.1) is 25.3 Å². The normalized spacial score (nSPS) is 10.0. The van der Waals surface area contributed by atoms with Crippen molar-refractivity contribution >= 4 is 5.97 Å². The van der Waals surface area contributed by atoms with Crippen LogP contribution >= 0.6 is 0 Å². The molecule has 0 radical (unpaired) electrons. The second kappa shape index (κ2) is 6.66. The second-order valence-corrected chi connectivity index (χ2v) is 3.65. The first-order chi connectivity index (χ1) is 8.21. The first-order valence-electron chi connectivity index (χ1n) is 5.48. The lowest BCUT2D eigenvalue weighted by Gasteiger charge is -2.19. The lowest BCUT2D eigenvalue weighted by Crippen LogP contribution is -2.30. The molecule has 0 saturated heterocycles. The molecule has 0 aliphatic rings. The fraction of sp³-hybridized carbons (Fsp3) is 0.385. The van der Waals surface area contributed by atoms with Gasteiger partial charge in [-0.1, -0.05) is 25.1 Å². The minimum Gasteiger partial charge on any atom is -0.468 e. The fourth-order valence-corrected chi connectivity index (χ4v) is 1.53. The number of esters is 1. The van der Waals surface area contributed by atoms with Crippen molar-refractivity contribution in [2.24, 2.45) is 0 Å². The van der Waals surface area contributed by atoms with Gasteiger partial charge < -0.3 is 4.74 Å². The molecule has 4 nitrogen and oxygen atoms in total. The molecule has 0 aliphatic heterocycles. The summed E-state index contributed by atoms with van der Waals surface area (Å²) < 4.78 is 4.63. The first kappa shape index (κ1) is 13.2. The maximum Gasteiger partial charge on any atom is 0.319 e. The van der Waals surface area contributed by atoms with Crippen LogP contribution in [0.4, 0.5) is 0 Å². The van der Waals surface area contributed by atoms with Gasteiger partial charge in [-0.05, 0) is 18.2 Å². The molecule has 0 saturated carbocycles. The predicted octanol–water partition coefficient (Wildman–Crippen LogP) is 1.55. The van der Waals surface area contributed by atoms with Crippen molar-refractivity contribution in [1.29, 1.82) is 5.26 Å². The van der Waals surface area contributed by atoms with E-state index in [-0.39, 0.29) is 12.5 Å². The zero-order chi connectivity index (χ0) is 12.7. The molecule has 0 N–H and O–H groups in total. The molecule has 1 aromatic rings. The van der Waals surface area contributed by atoms with Gasteiger partial charge in [-0.2, -0.15) is 5.26 Å². The summed E-state index contributed by atoms with van der Waals surface area (Å²) in [6, 6.07) is 9.55. The van der Waals surface area contributed by atoms with Gasteiger partial charge in [0.2, 0.25) is 0 Å². The predicted molar refractivity (Wildman–Crippen MR) is 64.1 cm³/mol. The highest BCUT2D eigenvalue weighted by molar-refractivity contribution is 5.71. The minimum absolute atomic E-state index is 0.243. The molecule has 0 heterocycles. The molecule has 0 unspecified atom stereocenters. The molecule has 90 valence electrons. The van der Waals surface area contributed by atoms with Crippen molar-refractivity contribution in [3.05, 3.63) is 35.4 Å². The quantitative estimate of drug-likeness (QED) is 0.723. The Morgan fingerprint density at radius 2 is 2.18 bits per heavy atom. The van der Waals surface area contributed by atoms with Crippen LogP contribution in [0.15, 0.2) is 24.3 Å². The van der Waals surface area contributed by atoms with Gasteiger partial charge in [-0.15, -0.1) is 0 Å². The lowest BCUT2D eigenvalue weighted by molar-refractivity contribution is -0.142. The van der Waals surface area contributed by atoms with Gasteiger partial charge in [-0.3, -0.25) is 9.69 Å². The SMILES string of the molecule is CCN(CC(=O)OC)Cc1ccccc1C#N. The summed E-state index contributed by atoms with van der Waals surface area (Å²) in [5.41, 5.74) is 1.58. The van der Waals surface area contributed by atoms with E-state index in [0.717, 1.165) is 12.1 Å². The Balaban J connectivity index is 2.74. The number of hydrogen-bond donors (Lipinski definition) is 0. The molecule has 4 heteroatoms. The highest BCUT2D eigenvalue weighted by Gasteiger charge is 2.11. The number of nitrogens with zero attached hydrogens (tertiary/aromatic N) is 2. The van der Waals surface area contributed by atoms with Gasteiger partial charge in [0.1, 0.15) is 0 Å². The molecular weight excluding hydrogens is 216 g/mol. The Hall–Kier alpha value is -1.86. The van der Waals surface area contributed by atoms with Gasteiger partial charge >= 0.3 is 5.97 Å². The number of carbonyl (C=O) groups is 1. The standard InChI is InChI=1S/C13H16N2O2/c1-3-15(10-13(16)17-2)9-12-7-5-4-6-11(12)8-14/h4-7H,3,9-10H2,1-2H3. The van der Waals surface area contributed by atoms with Crippen LogP contribution in [0, 0.1) is 11.3 Å². The van der Waals surface area contributed by atoms with Crippen LogP contribution in [0.3, 0.4) is 0 Å². The molecule has 1 rings (SSSR count). The average Bonchev–Trinajstić information content (AvgIpc) is 2.38. The number of methoxy groups -OCH3 is 1. The molecular formula is C13H16N2O2. The average molecular weight is 232 g/mol. The van der Waals surface area contributed by atoms with Gasteiger partial charge in [0.25, 0.3) is 0 Å². The summed E-state index contributed by atoms with van der Waals surface area (Å²) in [5, 5.41) is 8.97. The van der Waals surface area contributed by atoms with Crippen LogP contribution in [0.1, 0.15) is 18.1 Å². The van der Waals surface area contributed by atoms with Crippen molar-refractivity contribution in [2.45, 2.75) is 13.5 Å². The Morgan fingerprint density at radius 3 is 2.76 bits per heavy atom. The van der Waals surface area contributed by atoms with Gasteiger partial charge in [0, 0.05) is 6.54 Å². The van der Waals surface area contributed by atoms with E-state index in [4.69, 9.17) is 5.26 Å². The minimum atomic E-state index is -0.263. The Morgan fingerprint density at radius 1 is 1.47 bits per heavy atom. The number of benzene rings is 1. The Bertz CT molecular complexity index is 424. The van der Waals surface area contributed by atoms with Crippen LogP contribution in [-0.2, 0) is 16.1 Å². The van der Waals surface area contributed by atoms with E-state index in [1.165, 1.54) is 7.11 Å². The zero-order valence-electron chi connectivity index (χ0n) is 10.1. The molecule has 0 spiro atoms. The van der Waals surface area contributed by atoms with Crippen LogP contribution in [0.25, 0.3) is 0 Å². The molecule has 0 aromatic heterocycles. The number of hydrogen-bond acceptors (Lipinski definition) is 4. The topological polar surface area (TPSA) is 53.3 Å². The summed E-state index contributed by atoms with van der Waals surface area (Å²) in [7, 11) is 1.37. The Labute approximate surface area is 101 Å². The third-order valence-electron chi connectivity index (χ3n) is 2.56. The number of ether oxygens (including phenoxy) is 1. The maximum atomic E-state index is 11.2. The van der Waals surface area contributed by atoms with E-state index in [1.807, 2.05) is 30.0 Å². The monoisotopic (exact) mass is 232 g/mol. The van der Waals surface area contributed by atoms with Crippen molar-refractivity contribution in [3.8, 4) is 6.07 Å². The molecule has 0 atom stereocenters. The molecule has 1 aromatic carbocycles. The molecule has 0 bridgehead atoms. The van der Waals surface area contributed by atoms with Crippen LogP contribution in [-0.4, -0.2) is 31.1 Å². The smallest absolute Gasteiger partial charge is 0.319 e. The number of nitriles is 1. The summed E-state index contributed by atoms with van der Waals surface area (Å²) in [5.74, 6) is -0.263. The number of carbonyl (C=O) groups excluding carboxylic acids is 1. The lowest BCUT2D eigenvalue weighted by atomic mass is 10.1. The van der Waals surface area contributed by atoms with Crippen LogP contribution in [0.5, 0.6) is 0 Å². The third-order valence-corrected chi connectivity index (χ3v) is 2.56. The Kier molecular flexibility index (Phi) is 5.18. The van der Waals surface area contributed by atoms with E-state index >= 15 is 0 Å². The zero-order valence-corrected chi connectivity index (χ0v) is 10.1. The van der Waals surface area contributed by atoms with Crippen molar-refractivity contribution in [1.82, 2.24) is 4.90 Å². The van der Waals surface area contributed by atoms with E-state index < -0.39 is 0 Å². The third kappa shape index (κ3) is 3.89. The van der Waals surface area contributed by atoms with E-state index in [1.54, 1.807) is 6.07 Å². The molecule has 0 fully saturated rings. The largest absolute Gasteiger partial charge is 0.468 e. The number of rotatable bonds is 5. The van der Waals surface area contributed by atoms with E-state index in [0.29, 0.717) is 12.1 Å². The highest BCUT2D eigenvalue weighted by atomic mass is 16.5. The fourth-order valence-electron chi connectivity index (χ4n) is 1.53. The van der Waals surface area contributed by atoms with Crippen molar-refractivity contribution in [2.75, 3.05) is 20.2 Å². The van der Waals surface area contributed by atoms with Crippen LogP contribution < -0.4 is 0 Å². The van der Waals surface area contributed by atoms with Crippen LogP contribution in [0.2, 0.25) is 0 Å².